The van der Waals surface area contributed by atoms with Crippen LogP contribution in [-0.2, 0) is 5.41 Å². The predicted octanol–water partition coefficient (Wildman–Crippen LogP) is 14.7. The summed E-state index contributed by atoms with van der Waals surface area (Å²) in [4.78, 5) is 4.89. The minimum Gasteiger partial charge on any atom is -0.310 e. The lowest BCUT2D eigenvalue weighted by Crippen LogP contribution is -2.74. The summed E-state index contributed by atoms with van der Waals surface area (Å²) in [6.45, 7) is 4.73. The summed E-state index contributed by atoms with van der Waals surface area (Å²) < 4.78 is 2.59. The van der Waals surface area contributed by atoms with Crippen molar-refractivity contribution in [1.29, 1.82) is 0 Å². The fourth-order valence-corrected chi connectivity index (χ4v) is 16.8. The molecule has 67 heavy (non-hydrogen) atoms. The molecule has 0 fully saturated rings. The summed E-state index contributed by atoms with van der Waals surface area (Å²) >= 11 is 1.86. The van der Waals surface area contributed by atoms with Crippen molar-refractivity contribution in [2.75, 3.05) is 9.80 Å². The van der Waals surface area contributed by atoms with E-state index in [-0.39, 0.29) is 5.41 Å². The maximum atomic E-state index is 2.49. The van der Waals surface area contributed by atoms with Gasteiger partial charge >= 0.3 is 0 Å². The second-order valence-corrected chi connectivity index (χ2v) is 23.0. The molecule has 0 radical (unpaired) electrons. The van der Waals surface area contributed by atoms with Crippen molar-refractivity contribution in [2.45, 2.75) is 19.3 Å². The van der Waals surface area contributed by atoms with Gasteiger partial charge < -0.3 is 9.80 Å². The highest BCUT2D eigenvalue weighted by Crippen LogP contribution is 2.50. The number of benzene rings is 10. The molecule has 2 nitrogen and oxygen atoms in total. The molecule has 0 N–H and O–H groups in total. The van der Waals surface area contributed by atoms with Gasteiger partial charge in [0.1, 0.15) is 0 Å². The highest BCUT2D eigenvalue weighted by molar-refractivity contribution is 7.25. The third-order valence-electron chi connectivity index (χ3n) is 14.0. The Balaban J connectivity index is 1.07. The van der Waals surface area contributed by atoms with Gasteiger partial charge in [0.15, 0.2) is 8.07 Å². The van der Waals surface area contributed by atoms with Crippen molar-refractivity contribution >= 4 is 94.5 Å². The van der Waals surface area contributed by atoms with Gasteiger partial charge in [0.05, 0.1) is 0 Å². The van der Waals surface area contributed by atoms with E-state index in [4.69, 9.17) is 0 Å². The number of thiophene rings is 1. The van der Waals surface area contributed by atoms with Crippen LogP contribution >= 0.6 is 11.3 Å². The minimum atomic E-state index is -3.06. The van der Waals surface area contributed by atoms with Gasteiger partial charge in [0.25, 0.3) is 0 Å². The molecule has 0 atom stereocenters. The average Bonchev–Trinajstić information content (AvgIpc) is 3.87. The Morgan fingerprint density at radius 2 is 0.746 bits per heavy atom. The van der Waals surface area contributed by atoms with Crippen LogP contribution in [0.15, 0.2) is 255 Å². The number of hydrogen-bond acceptors (Lipinski definition) is 3. The summed E-state index contributed by atoms with van der Waals surface area (Å²) in [5, 5.41) is 7.89. The summed E-state index contributed by atoms with van der Waals surface area (Å²) in [5.41, 5.74) is 12.0. The standard InChI is InChI=1S/C63H48N2SSi/c1-63(2)59-35-17-15-33-55(59)56-39-37-49(43-60(56)63)64(45-21-7-3-8-22-45)47-25-19-31-53(41-47)67(51-27-11-5-12-28-51,52-29-13-6-14-30-52)54-32-20-26-48(42-54)65(46-23-9-4-10-24-46)50-38-40-58-57-34-16-18-36-61(57)66-62(58)44-50/h3-44H,1-2H3. The van der Waals surface area contributed by atoms with Crippen molar-refractivity contribution in [3.8, 4) is 11.1 Å². The van der Waals surface area contributed by atoms with E-state index < -0.39 is 8.07 Å². The van der Waals surface area contributed by atoms with Crippen LogP contribution in [0, 0.1) is 0 Å². The first-order valence-electron chi connectivity index (χ1n) is 23.2. The zero-order valence-electron chi connectivity index (χ0n) is 37.6. The Morgan fingerprint density at radius 1 is 0.313 bits per heavy atom. The molecule has 0 saturated heterocycles. The second kappa shape index (κ2) is 16.6. The number of rotatable bonds is 10. The SMILES string of the molecule is CC1(C)c2ccccc2-c2ccc(N(c3ccccc3)c3cccc([Si](c4ccccc4)(c4ccccc4)c4cccc(N(c5ccccc5)c5ccc6c(c5)sc5ccccc56)c4)c3)cc21. The van der Waals surface area contributed by atoms with Crippen LogP contribution in [0.5, 0.6) is 0 Å². The van der Waals surface area contributed by atoms with E-state index in [9.17, 15) is 0 Å². The van der Waals surface area contributed by atoms with Crippen molar-refractivity contribution in [3.63, 3.8) is 0 Å². The maximum absolute atomic E-state index is 3.06. The molecule has 0 spiro atoms. The summed E-state index contributed by atoms with van der Waals surface area (Å²) in [6, 6.07) is 94.9. The topological polar surface area (TPSA) is 6.48 Å². The molecule has 1 heterocycles. The molecule has 1 aliphatic rings. The molecular formula is C63H48N2SSi. The van der Waals surface area contributed by atoms with Crippen molar-refractivity contribution in [1.82, 2.24) is 0 Å². The normalized spacial score (nSPS) is 12.7. The zero-order chi connectivity index (χ0) is 45.0. The summed E-state index contributed by atoms with van der Waals surface area (Å²) in [5.74, 6) is 0. The lowest BCUT2D eigenvalue weighted by Gasteiger charge is -2.36. The van der Waals surface area contributed by atoms with Crippen LogP contribution in [-0.4, -0.2) is 8.07 Å². The largest absolute Gasteiger partial charge is 0.310 e. The fourth-order valence-electron chi connectivity index (χ4n) is 10.9. The summed E-state index contributed by atoms with van der Waals surface area (Å²) in [6.07, 6.45) is 0. The van der Waals surface area contributed by atoms with E-state index in [0.717, 1.165) is 34.1 Å². The Kier molecular flexibility index (Phi) is 10.1. The third kappa shape index (κ3) is 6.83. The lowest BCUT2D eigenvalue weighted by molar-refractivity contribution is 0.660. The first-order chi connectivity index (χ1) is 33.0. The van der Waals surface area contributed by atoms with Gasteiger partial charge in [-0.15, -0.1) is 11.3 Å². The molecule has 0 aliphatic heterocycles. The Morgan fingerprint density at radius 3 is 1.36 bits per heavy atom. The van der Waals surface area contributed by atoms with E-state index in [0.29, 0.717) is 0 Å². The maximum Gasteiger partial charge on any atom is 0.179 e. The minimum absolute atomic E-state index is 0.128. The lowest BCUT2D eigenvalue weighted by atomic mass is 9.82. The van der Waals surface area contributed by atoms with Crippen LogP contribution in [0.1, 0.15) is 25.0 Å². The number of fused-ring (bicyclic) bond motifs is 6. The molecule has 1 aromatic heterocycles. The first kappa shape index (κ1) is 40.7. The molecule has 11 aromatic rings. The third-order valence-corrected chi connectivity index (χ3v) is 19.8. The van der Waals surface area contributed by atoms with Gasteiger partial charge in [-0.25, -0.2) is 0 Å². The monoisotopic (exact) mass is 892 g/mol. The van der Waals surface area contributed by atoms with Crippen LogP contribution < -0.4 is 30.5 Å². The van der Waals surface area contributed by atoms with Gasteiger partial charge in [0.2, 0.25) is 0 Å². The molecule has 0 bridgehead atoms. The van der Waals surface area contributed by atoms with E-state index >= 15 is 0 Å². The quantitative estimate of drug-likeness (QED) is 0.0997. The molecule has 0 unspecified atom stereocenters. The molecule has 320 valence electrons. The fraction of sp³-hybridized carbons (Fsp3) is 0.0476. The number of anilines is 6. The first-order valence-corrected chi connectivity index (χ1v) is 26.0. The molecule has 0 amide bonds. The number of nitrogens with zero attached hydrogens (tertiary/aromatic N) is 2. The Labute approximate surface area is 398 Å². The van der Waals surface area contributed by atoms with E-state index in [1.807, 2.05) is 11.3 Å². The van der Waals surface area contributed by atoms with E-state index in [1.54, 1.807) is 0 Å². The van der Waals surface area contributed by atoms with Gasteiger partial charge in [-0.3, -0.25) is 0 Å². The average molecular weight is 893 g/mol. The van der Waals surface area contributed by atoms with Crippen LogP contribution in [0.25, 0.3) is 31.3 Å². The van der Waals surface area contributed by atoms with E-state index in [1.165, 1.54) is 63.2 Å². The van der Waals surface area contributed by atoms with E-state index in [2.05, 4.69) is 278 Å². The number of hydrogen-bond donors (Lipinski definition) is 0. The molecule has 12 rings (SSSR count). The van der Waals surface area contributed by atoms with Crippen LogP contribution in [0.2, 0.25) is 0 Å². The summed E-state index contributed by atoms with van der Waals surface area (Å²) in [7, 11) is -3.06. The van der Waals surface area contributed by atoms with Crippen molar-refractivity contribution < 1.29 is 0 Å². The van der Waals surface area contributed by atoms with Gasteiger partial charge in [-0.2, -0.15) is 0 Å². The molecule has 4 heteroatoms. The van der Waals surface area contributed by atoms with Crippen molar-refractivity contribution in [3.05, 3.63) is 266 Å². The predicted molar refractivity (Wildman–Crippen MR) is 290 cm³/mol. The molecule has 10 aromatic carbocycles. The smallest absolute Gasteiger partial charge is 0.179 e. The zero-order valence-corrected chi connectivity index (χ0v) is 39.4. The number of para-hydroxylation sites is 2. The molecule has 1 aliphatic carbocycles. The Hall–Kier alpha value is -7.76. The highest BCUT2D eigenvalue weighted by Gasteiger charge is 2.42. The van der Waals surface area contributed by atoms with Crippen molar-refractivity contribution in [2.24, 2.45) is 0 Å². The second-order valence-electron chi connectivity index (χ2n) is 18.1. The van der Waals surface area contributed by atoms with Crippen LogP contribution in [0.3, 0.4) is 0 Å². The molecule has 0 saturated carbocycles. The van der Waals surface area contributed by atoms with Crippen LogP contribution in [0.4, 0.5) is 34.1 Å². The Bertz CT molecular complexity index is 3530. The molecular weight excluding hydrogens is 845 g/mol. The van der Waals surface area contributed by atoms with Gasteiger partial charge in [0, 0.05) is 59.7 Å². The van der Waals surface area contributed by atoms with Gasteiger partial charge in [-0.05, 0) is 122 Å². The highest BCUT2D eigenvalue weighted by atomic mass is 32.1. The van der Waals surface area contributed by atoms with Gasteiger partial charge in [-0.1, -0.05) is 190 Å².